The van der Waals surface area contributed by atoms with Crippen molar-refractivity contribution in [2.24, 2.45) is 5.92 Å². The van der Waals surface area contributed by atoms with E-state index in [9.17, 15) is 5.11 Å². The number of ether oxygens (including phenoxy) is 2. The summed E-state index contributed by atoms with van der Waals surface area (Å²) in [5, 5.41) is 12.2. The number of pyridine rings is 1. The number of piperidine rings is 1. The van der Waals surface area contributed by atoms with Crippen molar-refractivity contribution in [1.82, 2.24) is 4.98 Å². The molecule has 2 aliphatic heterocycles. The van der Waals surface area contributed by atoms with Crippen LogP contribution < -0.4 is 14.4 Å². The Labute approximate surface area is 123 Å². The van der Waals surface area contributed by atoms with Crippen molar-refractivity contribution < 1.29 is 14.6 Å². The second kappa shape index (κ2) is 4.77. The molecule has 0 saturated carbocycles. The van der Waals surface area contributed by atoms with Gasteiger partial charge >= 0.3 is 0 Å². The maximum Gasteiger partial charge on any atom is 0.231 e. The number of hydrogen-bond acceptors (Lipinski definition) is 5. The van der Waals surface area contributed by atoms with Gasteiger partial charge in [0, 0.05) is 24.7 Å². The van der Waals surface area contributed by atoms with Crippen molar-refractivity contribution in [3.63, 3.8) is 0 Å². The standard InChI is InChI=1S/C16H18N2O3/c1-10-3-5-18(8-13(10)19)16-12-7-15-14(20-9-21-15)6-11(12)2-4-17-16/h2,4,6-7,10,13,19H,3,5,8-9H2,1H3. The molecule has 1 aromatic carbocycles. The Morgan fingerprint density at radius 1 is 1.29 bits per heavy atom. The van der Waals surface area contributed by atoms with Crippen LogP contribution in [0.1, 0.15) is 13.3 Å². The molecule has 0 aliphatic carbocycles. The Morgan fingerprint density at radius 2 is 2.10 bits per heavy atom. The topological polar surface area (TPSA) is 54.8 Å². The SMILES string of the molecule is CC1CCN(c2nccc3cc4c(cc23)OCO4)CC1O. The largest absolute Gasteiger partial charge is 0.454 e. The summed E-state index contributed by atoms with van der Waals surface area (Å²) in [6.07, 6.45) is 2.48. The van der Waals surface area contributed by atoms with Crippen LogP contribution in [0.25, 0.3) is 10.8 Å². The predicted molar refractivity (Wildman–Crippen MR) is 79.9 cm³/mol. The van der Waals surface area contributed by atoms with E-state index in [0.29, 0.717) is 12.5 Å². The highest BCUT2D eigenvalue weighted by Gasteiger charge is 2.26. The maximum atomic E-state index is 10.1. The molecule has 5 heteroatoms. The third-order valence-corrected chi connectivity index (χ3v) is 4.45. The van der Waals surface area contributed by atoms with Crippen LogP contribution in [0.15, 0.2) is 24.4 Å². The fraction of sp³-hybridized carbons (Fsp3) is 0.438. The lowest BCUT2D eigenvalue weighted by Crippen LogP contribution is -2.43. The van der Waals surface area contributed by atoms with Crippen molar-refractivity contribution in [2.75, 3.05) is 24.8 Å². The molecule has 21 heavy (non-hydrogen) atoms. The second-order valence-corrected chi connectivity index (χ2v) is 5.84. The second-order valence-electron chi connectivity index (χ2n) is 5.84. The first-order valence-electron chi connectivity index (χ1n) is 7.34. The molecule has 2 unspecified atom stereocenters. The van der Waals surface area contributed by atoms with Gasteiger partial charge in [-0.25, -0.2) is 4.98 Å². The summed E-state index contributed by atoms with van der Waals surface area (Å²) >= 11 is 0. The van der Waals surface area contributed by atoms with E-state index >= 15 is 0 Å². The monoisotopic (exact) mass is 286 g/mol. The van der Waals surface area contributed by atoms with Crippen LogP contribution in [0, 0.1) is 5.92 Å². The van der Waals surface area contributed by atoms with Gasteiger partial charge in [0.25, 0.3) is 0 Å². The number of β-amino-alcohol motifs (C(OH)–C–C–N with tert-alkyl or cyclic N) is 1. The number of aliphatic hydroxyl groups excluding tert-OH is 1. The minimum atomic E-state index is -0.301. The van der Waals surface area contributed by atoms with Crippen LogP contribution >= 0.6 is 0 Å². The summed E-state index contributed by atoms with van der Waals surface area (Å²) in [5.74, 6) is 2.81. The van der Waals surface area contributed by atoms with Gasteiger partial charge in [-0.1, -0.05) is 6.92 Å². The summed E-state index contributed by atoms with van der Waals surface area (Å²) in [6.45, 7) is 3.91. The number of nitrogens with zero attached hydrogens (tertiary/aromatic N) is 2. The molecule has 0 spiro atoms. The molecule has 1 saturated heterocycles. The molecule has 4 rings (SSSR count). The van der Waals surface area contributed by atoms with Crippen molar-refractivity contribution in [1.29, 1.82) is 0 Å². The number of rotatable bonds is 1. The summed E-state index contributed by atoms with van der Waals surface area (Å²) in [4.78, 5) is 6.70. The fourth-order valence-corrected chi connectivity index (χ4v) is 3.04. The van der Waals surface area contributed by atoms with Gasteiger partial charge in [0.05, 0.1) is 6.10 Å². The number of hydrogen-bond donors (Lipinski definition) is 1. The molecular formula is C16H18N2O3. The minimum absolute atomic E-state index is 0.272. The number of aromatic nitrogens is 1. The highest BCUT2D eigenvalue weighted by molar-refractivity contribution is 5.94. The van der Waals surface area contributed by atoms with E-state index in [1.165, 1.54) is 0 Å². The van der Waals surface area contributed by atoms with Gasteiger partial charge in [-0.15, -0.1) is 0 Å². The van der Waals surface area contributed by atoms with Gasteiger partial charge in [-0.3, -0.25) is 0 Å². The fourth-order valence-electron chi connectivity index (χ4n) is 3.04. The molecule has 0 amide bonds. The van der Waals surface area contributed by atoms with Gasteiger partial charge in [0.2, 0.25) is 6.79 Å². The molecule has 2 atom stereocenters. The van der Waals surface area contributed by atoms with E-state index in [1.54, 1.807) is 0 Å². The van der Waals surface area contributed by atoms with Crippen LogP contribution in [0.2, 0.25) is 0 Å². The predicted octanol–water partition coefficient (Wildman–Crippen LogP) is 2.17. The molecule has 0 radical (unpaired) electrons. The van der Waals surface area contributed by atoms with Crippen LogP contribution in [0.3, 0.4) is 0 Å². The first-order chi connectivity index (χ1) is 10.2. The maximum absolute atomic E-state index is 10.1. The Balaban J connectivity index is 1.78. The van der Waals surface area contributed by atoms with Crippen LogP contribution in [0.5, 0.6) is 11.5 Å². The zero-order chi connectivity index (χ0) is 14.4. The third-order valence-electron chi connectivity index (χ3n) is 4.45. The van der Waals surface area contributed by atoms with E-state index in [1.807, 2.05) is 24.4 Å². The van der Waals surface area contributed by atoms with E-state index in [2.05, 4.69) is 16.8 Å². The summed E-state index contributed by atoms with van der Waals surface area (Å²) in [7, 11) is 0. The van der Waals surface area contributed by atoms with Crippen molar-refractivity contribution in [2.45, 2.75) is 19.4 Å². The van der Waals surface area contributed by atoms with E-state index < -0.39 is 0 Å². The Bertz CT molecular complexity index is 689. The van der Waals surface area contributed by atoms with Crippen LogP contribution in [-0.4, -0.2) is 36.1 Å². The lowest BCUT2D eigenvalue weighted by atomic mass is 9.96. The molecule has 1 fully saturated rings. The van der Waals surface area contributed by atoms with Gasteiger partial charge in [-0.2, -0.15) is 0 Å². The molecule has 5 nitrogen and oxygen atoms in total. The number of anilines is 1. The zero-order valence-electron chi connectivity index (χ0n) is 12.0. The molecule has 1 aromatic heterocycles. The first-order valence-corrected chi connectivity index (χ1v) is 7.34. The average Bonchev–Trinajstić information content (AvgIpc) is 2.94. The Morgan fingerprint density at radius 3 is 2.90 bits per heavy atom. The van der Waals surface area contributed by atoms with Crippen molar-refractivity contribution >= 4 is 16.6 Å². The summed E-state index contributed by atoms with van der Waals surface area (Å²) in [6, 6.07) is 5.96. The van der Waals surface area contributed by atoms with Gasteiger partial charge in [-0.05, 0) is 35.9 Å². The van der Waals surface area contributed by atoms with E-state index in [0.717, 1.165) is 41.1 Å². The summed E-state index contributed by atoms with van der Waals surface area (Å²) < 4.78 is 10.9. The van der Waals surface area contributed by atoms with E-state index in [-0.39, 0.29) is 12.9 Å². The Hall–Kier alpha value is -2.01. The lowest BCUT2D eigenvalue weighted by Gasteiger charge is -2.35. The lowest BCUT2D eigenvalue weighted by molar-refractivity contribution is 0.103. The molecule has 1 N–H and O–H groups in total. The van der Waals surface area contributed by atoms with E-state index in [4.69, 9.17) is 9.47 Å². The number of fused-ring (bicyclic) bond motifs is 2. The third kappa shape index (κ3) is 2.08. The number of aliphatic hydroxyl groups is 1. The average molecular weight is 286 g/mol. The minimum Gasteiger partial charge on any atom is -0.454 e. The molecule has 2 aliphatic rings. The molecule has 0 bridgehead atoms. The number of benzene rings is 1. The van der Waals surface area contributed by atoms with Crippen LogP contribution in [-0.2, 0) is 0 Å². The van der Waals surface area contributed by atoms with Crippen molar-refractivity contribution in [3.8, 4) is 11.5 Å². The van der Waals surface area contributed by atoms with Crippen LogP contribution in [0.4, 0.5) is 5.82 Å². The van der Waals surface area contributed by atoms with Crippen molar-refractivity contribution in [3.05, 3.63) is 24.4 Å². The Kier molecular flexibility index (Phi) is 2.89. The van der Waals surface area contributed by atoms with Gasteiger partial charge < -0.3 is 19.5 Å². The molecule has 2 aromatic rings. The van der Waals surface area contributed by atoms with Gasteiger partial charge in [0.1, 0.15) is 5.82 Å². The highest BCUT2D eigenvalue weighted by Crippen LogP contribution is 2.39. The van der Waals surface area contributed by atoms with Gasteiger partial charge in [0.15, 0.2) is 11.5 Å². The first kappa shape index (κ1) is 12.7. The molecule has 110 valence electrons. The quantitative estimate of drug-likeness (QED) is 0.870. The normalized spacial score (nSPS) is 24.6. The summed E-state index contributed by atoms with van der Waals surface area (Å²) in [5.41, 5.74) is 0. The molecule has 3 heterocycles. The zero-order valence-corrected chi connectivity index (χ0v) is 12.0. The smallest absolute Gasteiger partial charge is 0.231 e. The molecular weight excluding hydrogens is 268 g/mol. The highest BCUT2D eigenvalue weighted by atomic mass is 16.7.